The summed E-state index contributed by atoms with van der Waals surface area (Å²) in [7, 11) is 4.22. The summed E-state index contributed by atoms with van der Waals surface area (Å²) in [5.41, 5.74) is 8.60. The quantitative estimate of drug-likeness (QED) is 0.789. The molecule has 114 valence electrons. The molecule has 0 saturated carbocycles. The molecule has 2 N–H and O–H groups in total. The molecule has 0 aliphatic carbocycles. The van der Waals surface area contributed by atoms with Gasteiger partial charge in [-0.3, -0.25) is 9.88 Å². The Balaban J connectivity index is 2.92. The summed E-state index contributed by atoms with van der Waals surface area (Å²) in [6, 6.07) is 2.32. The number of likely N-dealkylation sites (N-methyl/N-ethyl adjacent to an activating group) is 1. The van der Waals surface area contributed by atoms with Crippen LogP contribution >= 0.6 is 0 Å². The monoisotopic (exact) mass is 278 g/mol. The molecule has 20 heavy (non-hydrogen) atoms. The third kappa shape index (κ3) is 5.19. The first-order chi connectivity index (χ1) is 9.45. The van der Waals surface area contributed by atoms with Crippen molar-refractivity contribution in [3.8, 4) is 0 Å². The molecule has 1 rings (SSSR count). The van der Waals surface area contributed by atoms with E-state index in [2.05, 4.69) is 55.7 Å². The van der Waals surface area contributed by atoms with Gasteiger partial charge in [-0.25, -0.2) is 0 Å². The van der Waals surface area contributed by atoms with Gasteiger partial charge in [-0.15, -0.1) is 0 Å². The van der Waals surface area contributed by atoms with E-state index in [0.29, 0.717) is 12.5 Å². The summed E-state index contributed by atoms with van der Waals surface area (Å²) in [6.07, 6.45) is 3.81. The number of nitrogens with zero attached hydrogens (tertiary/aromatic N) is 3. The molecule has 1 unspecified atom stereocenters. The van der Waals surface area contributed by atoms with Gasteiger partial charge in [0.15, 0.2) is 0 Å². The van der Waals surface area contributed by atoms with Crippen LogP contribution < -0.4 is 5.73 Å². The smallest absolute Gasteiger partial charge is 0.0488 e. The Bertz CT molecular complexity index is 390. The Morgan fingerprint density at radius 1 is 1.25 bits per heavy atom. The van der Waals surface area contributed by atoms with E-state index in [-0.39, 0.29) is 6.04 Å². The van der Waals surface area contributed by atoms with Crippen molar-refractivity contribution in [3.05, 3.63) is 29.6 Å². The van der Waals surface area contributed by atoms with Crippen molar-refractivity contribution in [3.63, 3.8) is 0 Å². The lowest BCUT2D eigenvalue weighted by Gasteiger charge is -2.34. The number of pyridine rings is 1. The molecule has 1 atom stereocenters. The predicted molar refractivity (Wildman–Crippen MR) is 85.7 cm³/mol. The number of hydrogen-bond acceptors (Lipinski definition) is 4. The van der Waals surface area contributed by atoms with Gasteiger partial charge in [-0.05, 0) is 44.1 Å². The Hall–Kier alpha value is -0.970. The second-order valence-corrected chi connectivity index (χ2v) is 6.18. The van der Waals surface area contributed by atoms with Gasteiger partial charge < -0.3 is 10.6 Å². The maximum Gasteiger partial charge on any atom is 0.0488 e. The summed E-state index contributed by atoms with van der Waals surface area (Å²) in [5.74, 6) is 0.628. The lowest BCUT2D eigenvalue weighted by atomic mass is 10.0. The van der Waals surface area contributed by atoms with Crippen LogP contribution in [-0.2, 0) is 0 Å². The molecule has 0 aliphatic heterocycles. The Kier molecular flexibility index (Phi) is 7.13. The van der Waals surface area contributed by atoms with E-state index in [1.165, 1.54) is 11.1 Å². The minimum Gasteiger partial charge on any atom is -0.329 e. The Labute approximate surface area is 124 Å². The maximum absolute atomic E-state index is 6.07. The fourth-order valence-electron chi connectivity index (χ4n) is 2.47. The van der Waals surface area contributed by atoms with E-state index in [4.69, 9.17) is 5.73 Å². The molecule has 0 aromatic carbocycles. The highest BCUT2D eigenvalue weighted by molar-refractivity contribution is 5.25. The molecule has 0 fully saturated rings. The van der Waals surface area contributed by atoms with Crippen LogP contribution in [0.5, 0.6) is 0 Å². The normalized spacial score (nSPS) is 13.4. The number of nitrogens with two attached hydrogens (primary N) is 1. The molecule has 1 aromatic heterocycles. The van der Waals surface area contributed by atoms with E-state index >= 15 is 0 Å². The average molecular weight is 278 g/mol. The van der Waals surface area contributed by atoms with Crippen molar-refractivity contribution < 1.29 is 0 Å². The fourth-order valence-corrected chi connectivity index (χ4v) is 2.47. The molecule has 0 spiro atoms. The molecular weight excluding hydrogens is 248 g/mol. The van der Waals surface area contributed by atoms with Gasteiger partial charge >= 0.3 is 0 Å². The largest absolute Gasteiger partial charge is 0.329 e. The third-order valence-electron chi connectivity index (χ3n) is 3.54. The van der Waals surface area contributed by atoms with E-state index < -0.39 is 0 Å². The zero-order valence-corrected chi connectivity index (χ0v) is 13.6. The molecule has 0 aliphatic rings. The van der Waals surface area contributed by atoms with Crippen LogP contribution in [0.3, 0.4) is 0 Å². The summed E-state index contributed by atoms with van der Waals surface area (Å²) in [4.78, 5) is 8.99. The van der Waals surface area contributed by atoms with Gasteiger partial charge in [-0.2, -0.15) is 0 Å². The van der Waals surface area contributed by atoms with Crippen LogP contribution in [0.2, 0.25) is 0 Å². The number of aromatic nitrogens is 1. The predicted octanol–water partition coefficient (Wildman–Crippen LogP) is 1.91. The van der Waals surface area contributed by atoms with Crippen LogP contribution in [0.15, 0.2) is 18.5 Å². The van der Waals surface area contributed by atoms with Crippen LogP contribution in [0.1, 0.15) is 31.0 Å². The Morgan fingerprint density at radius 3 is 2.45 bits per heavy atom. The number of rotatable bonds is 8. The second kappa shape index (κ2) is 8.35. The SMILES string of the molecule is Cc1ccncc1C(CN)N(CCN(C)C)CC(C)C. The zero-order valence-electron chi connectivity index (χ0n) is 13.6. The van der Waals surface area contributed by atoms with E-state index in [1.807, 2.05) is 12.4 Å². The highest BCUT2D eigenvalue weighted by atomic mass is 15.2. The molecule has 0 saturated heterocycles. The highest BCUT2D eigenvalue weighted by Crippen LogP contribution is 2.23. The molecule has 0 radical (unpaired) electrons. The van der Waals surface area contributed by atoms with Crippen LogP contribution in [0, 0.1) is 12.8 Å². The molecule has 4 heteroatoms. The lowest BCUT2D eigenvalue weighted by molar-refractivity contribution is 0.163. The van der Waals surface area contributed by atoms with Crippen molar-refractivity contribution in [2.75, 3.05) is 40.3 Å². The van der Waals surface area contributed by atoms with Crippen molar-refractivity contribution in [2.24, 2.45) is 11.7 Å². The summed E-state index contributed by atoms with van der Waals surface area (Å²) in [6.45, 7) is 10.4. The van der Waals surface area contributed by atoms with Crippen LogP contribution in [0.4, 0.5) is 0 Å². The average Bonchev–Trinajstić information content (AvgIpc) is 2.38. The summed E-state index contributed by atoms with van der Waals surface area (Å²) < 4.78 is 0. The van der Waals surface area contributed by atoms with Gasteiger partial charge in [0.1, 0.15) is 0 Å². The standard InChI is InChI=1S/C16H30N4/c1-13(2)12-20(9-8-19(4)5)16(10-17)15-11-18-7-6-14(15)3/h6-7,11,13,16H,8-10,12,17H2,1-5H3. The lowest BCUT2D eigenvalue weighted by Crippen LogP contribution is -2.40. The number of hydrogen-bond donors (Lipinski definition) is 1. The third-order valence-corrected chi connectivity index (χ3v) is 3.54. The van der Waals surface area contributed by atoms with Gasteiger partial charge in [0, 0.05) is 44.6 Å². The molecule has 0 bridgehead atoms. The topological polar surface area (TPSA) is 45.4 Å². The molecular formula is C16H30N4. The minimum absolute atomic E-state index is 0.256. The van der Waals surface area contributed by atoms with Crippen molar-refractivity contribution in [2.45, 2.75) is 26.8 Å². The summed E-state index contributed by atoms with van der Waals surface area (Å²) >= 11 is 0. The first kappa shape index (κ1) is 17.1. The molecule has 4 nitrogen and oxygen atoms in total. The first-order valence-corrected chi connectivity index (χ1v) is 7.45. The molecule has 0 amide bonds. The highest BCUT2D eigenvalue weighted by Gasteiger charge is 2.21. The van der Waals surface area contributed by atoms with Gasteiger partial charge in [0.2, 0.25) is 0 Å². The van der Waals surface area contributed by atoms with Gasteiger partial charge in [0.25, 0.3) is 0 Å². The second-order valence-electron chi connectivity index (χ2n) is 6.18. The maximum atomic E-state index is 6.07. The fraction of sp³-hybridized carbons (Fsp3) is 0.688. The molecule has 1 aromatic rings. The minimum atomic E-state index is 0.256. The van der Waals surface area contributed by atoms with E-state index in [9.17, 15) is 0 Å². The van der Waals surface area contributed by atoms with Crippen LogP contribution in [0.25, 0.3) is 0 Å². The Morgan fingerprint density at radius 2 is 1.95 bits per heavy atom. The number of aryl methyl sites for hydroxylation is 1. The van der Waals surface area contributed by atoms with E-state index in [1.54, 1.807) is 0 Å². The van der Waals surface area contributed by atoms with Crippen molar-refractivity contribution in [1.82, 2.24) is 14.8 Å². The van der Waals surface area contributed by atoms with Crippen molar-refractivity contribution >= 4 is 0 Å². The van der Waals surface area contributed by atoms with Crippen molar-refractivity contribution in [1.29, 1.82) is 0 Å². The summed E-state index contributed by atoms with van der Waals surface area (Å²) in [5, 5.41) is 0. The zero-order chi connectivity index (χ0) is 15.1. The first-order valence-electron chi connectivity index (χ1n) is 7.45. The van der Waals surface area contributed by atoms with Gasteiger partial charge in [-0.1, -0.05) is 13.8 Å². The molecule has 1 heterocycles. The van der Waals surface area contributed by atoms with Crippen LogP contribution in [-0.4, -0.2) is 55.1 Å². The van der Waals surface area contributed by atoms with Gasteiger partial charge in [0.05, 0.1) is 0 Å². The van der Waals surface area contributed by atoms with E-state index in [0.717, 1.165) is 19.6 Å².